The molecule has 0 saturated carbocycles. The molecule has 0 aromatic heterocycles. The van der Waals surface area contributed by atoms with Crippen LogP contribution >= 0.6 is 11.6 Å². The Morgan fingerprint density at radius 3 is 2.42 bits per heavy atom. The molecule has 0 saturated heterocycles. The first-order valence-electron chi connectivity index (χ1n) is 9.24. The molecule has 11 heteroatoms. The summed E-state index contributed by atoms with van der Waals surface area (Å²) in [4.78, 5) is 36.6. The van der Waals surface area contributed by atoms with Gasteiger partial charge in [-0.25, -0.2) is 8.42 Å². The minimum absolute atomic E-state index is 0.0915. The number of hydrogen-bond donors (Lipinski definition) is 3. The van der Waals surface area contributed by atoms with Gasteiger partial charge in [-0.2, -0.15) is 0 Å². The smallest absolute Gasteiger partial charge is 0.265 e. The Kier molecular flexibility index (Phi) is 5.97. The monoisotopic (exact) mass is 464 g/mol. The van der Waals surface area contributed by atoms with Crippen molar-refractivity contribution in [3.8, 4) is 0 Å². The molecule has 2 aromatic rings. The minimum Gasteiger partial charge on any atom is -0.370 e. The third kappa shape index (κ3) is 4.08. The van der Waals surface area contributed by atoms with Crippen molar-refractivity contribution < 1.29 is 22.8 Å². The summed E-state index contributed by atoms with van der Waals surface area (Å²) in [6.07, 6.45) is -0.597. The maximum absolute atomic E-state index is 13.8. The van der Waals surface area contributed by atoms with Gasteiger partial charge in [0.2, 0.25) is 17.7 Å². The molecule has 164 valence electrons. The number of rotatable bonds is 6. The highest BCUT2D eigenvalue weighted by Crippen LogP contribution is 2.40. The number of para-hydroxylation sites is 2. The molecular weight excluding hydrogens is 444 g/mol. The van der Waals surface area contributed by atoms with Crippen molar-refractivity contribution in [2.24, 2.45) is 17.4 Å². The molecule has 9 nitrogen and oxygen atoms in total. The van der Waals surface area contributed by atoms with E-state index in [2.05, 4.69) is 5.32 Å². The lowest BCUT2D eigenvalue weighted by atomic mass is 9.92. The number of nitrogens with zero attached hydrogens (tertiary/aromatic N) is 1. The molecule has 1 aliphatic heterocycles. The molecule has 3 rings (SSSR count). The summed E-state index contributed by atoms with van der Waals surface area (Å²) in [6, 6.07) is 7.51. The van der Waals surface area contributed by atoms with Crippen LogP contribution in [0, 0.1) is 19.8 Å². The second-order valence-electron chi connectivity index (χ2n) is 7.30. The Bertz CT molecular complexity index is 1200. The lowest BCUT2D eigenvalue weighted by Gasteiger charge is -2.39. The number of aryl methyl sites for hydroxylation is 2. The van der Waals surface area contributed by atoms with E-state index in [9.17, 15) is 22.8 Å². The van der Waals surface area contributed by atoms with Crippen LogP contribution in [-0.4, -0.2) is 32.2 Å². The van der Waals surface area contributed by atoms with Crippen LogP contribution in [0.25, 0.3) is 0 Å². The van der Waals surface area contributed by atoms with Crippen molar-refractivity contribution >= 4 is 50.7 Å². The normalized spacial score (nSPS) is 16.9. The number of carbonyl (C=O) groups is 3. The number of hydrogen-bond acceptors (Lipinski definition) is 5. The standard InChI is InChI=1S/C20H21ClN4O5S/c1-10-8-16(11(2)7-13(10)21)31(29,30)25-15-6-4-3-5-14(15)24-20(28)18(25)12(19(23)27)9-17(22)26/h3-8,12,18H,9H2,1-2H3,(H2,22,26)(H2,23,27)(H,24,28). The van der Waals surface area contributed by atoms with E-state index < -0.39 is 46.1 Å². The first kappa shape index (κ1) is 22.6. The first-order chi connectivity index (χ1) is 14.4. The van der Waals surface area contributed by atoms with E-state index in [1.807, 2.05) is 0 Å². The summed E-state index contributed by atoms with van der Waals surface area (Å²) in [5.41, 5.74) is 11.9. The van der Waals surface area contributed by atoms with Gasteiger partial charge in [-0.1, -0.05) is 23.7 Å². The van der Waals surface area contributed by atoms with E-state index in [0.29, 0.717) is 16.1 Å². The van der Waals surface area contributed by atoms with Crippen LogP contribution in [0.15, 0.2) is 41.3 Å². The average Bonchev–Trinajstić information content (AvgIpc) is 2.67. The molecule has 1 aliphatic rings. The molecule has 0 fully saturated rings. The predicted octanol–water partition coefficient (Wildman–Crippen LogP) is 1.45. The summed E-state index contributed by atoms with van der Waals surface area (Å²) in [6.45, 7) is 3.21. The molecule has 2 unspecified atom stereocenters. The van der Waals surface area contributed by atoms with Gasteiger partial charge >= 0.3 is 0 Å². The fourth-order valence-corrected chi connectivity index (χ4v) is 5.76. The molecule has 31 heavy (non-hydrogen) atoms. The van der Waals surface area contributed by atoms with Gasteiger partial charge in [0.05, 0.1) is 22.2 Å². The second-order valence-corrected chi connectivity index (χ2v) is 9.49. The van der Waals surface area contributed by atoms with Crippen LogP contribution in [0.3, 0.4) is 0 Å². The molecule has 3 amide bonds. The van der Waals surface area contributed by atoms with E-state index in [4.69, 9.17) is 23.1 Å². The lowest BCUT2D eigenvalue weighted by molar-refractivity contribution is -0.130. The fourth-order valence-electron chi connectivity index (χ4n) is 3.58. The summed E-state index contributed by atoms with van der Waals surface area (Å²) in [7, 11) is -4.39. The highest BCUT2D eigenvalue weighted by Gasteiger charge is 2.47. The van der Waals surface area contributed by atoms with Crippen LogP contribution in [0.1, 0.15) is 17.5 Å². The highest BCUT2D eigenvalue weighted by atomic mass is 35.5. The average molecular weight is 465 g/mol. The summed E-state index contributed by atoms with van der Waals surface area (Å²) < 4.78 is 28.5. The third-order valence-corrected chi connectivity index (χ3v) is 7.43. The number of benzene rings is 2. The number of halogens is 1. The van der Waals surface area contributed by atoms with Gasteiger partial charge < -0.3 is 16.8 Å². The molecule has 0 radical (unpaired) electrons. The lowest BCUT2D eigenvalue weighted by Crippen LogP contribution is -2.57. The number of amides is 3. The molecule has 5 N–H and O–H groups in total. The van der Waals surface area contributed by atoms with Crippen molar-refractivity contribution in [3.63, 3.8) is 0 Å². The van der Waals surface area contributed by atoms with E-state index in [0.717, 1.165) is 4.31 Å². The van der Waals surface area contributed by atoms with Crippen LogP contribution < -0.4 is 21.1 Å². The van der Waals surface area contributed by atoms with Crippen LogP contribution in [-0.2, 0) is 24.4 Å². The Balaban J connectivity index is 2.30. The van der Waals surface area contributed by atoms with Gasteiger partial charge in [0.25, 0.3) is 10.0 Å². The van der Waals surface area contributed by atoms with E-state index in [1.165, 1.54) is 24.3 Å². The van der Waals surface area contributed by atoms with Crippen molar-refractivity contribution in [1.29, 1.82) is 0 Å². The number of anilines is 2. The first-order valence-corrected chi connectivity index (χ1v) is 11.1. The largest absolute Gasteiger partial charge is 0.370 e. The Labute approximate surface area is 184 Å². The van der Waals surface area contributed by atoms with Crippen molar-refractivity contribution in [2.75, 3.05) is 9.62 Å². The Morgan fingerprint density at radius 1 is 1.16 bits per heavy atom. The molecule has 0 bridgehead atoms. The topological polar surface area (TPSA) is 153 Å². The number of nitrogens with one attached hydrogen (secondary N) is 1. The quantitative estimate of drug-likeness (QED) is 0.590. The number of fused-ring (bicyclic) bond motifs is 1. The molecule has 0 spiro atoms. The van der Waals surface area contributed by atoms with Gasteiger partial charge in [0.1, 0.15) is 6.04 Å². The van der Waals surface area contributed by atoms with Gasteiger partial charge in [0.15, 0.2) is 0 Å². The highest BCUT2D eigenvalue weighted by molar-refractivity contribution is 7.93. The van der Waals surface area contributed by atoms with Crippen molar-refractivity contribution in [2.45, 2.75) is 31.2 Å². The van der Waals surface area contributed by atoms with Gasteiger partial charge in [0, 0.05) is 11.4 Å². The van der Waals surface area contributed by atoms with E-state index in [1.54, 1.807) is 26.0 Å². The number of primary amides is 2. The van der Waals surface area contributed by atoms with Gasteiger partial charge in [-0.05, 0) is 49.2 Å². The molecule has 1 heterocycles. The molecule has 2 aromatic carbocycles. The number of sulfonamides is 1. The molecule has 0 aliphatic carbocycles. The van der Waals surface area contributed by atoms with E-state index in [-0.39, 0.29) is 16.3 Å². The number of carbonyl (C=O) groups excluding carboxylic acids is 3. The van der Waals surface area contributed by atoms with Crippen LogP contribution in [0.2, 0.25) is 5.02 Å². The zero-order valence-electron chi connectivity index (χ0n) is 16.8. The number of nitrogens with two attached hydrogens (primary N) is 2. The third-order valence-electron chi connectivity index (χ3n) is 5.08. The molecular formula is C20H21ClN4O5S. The summed E-state index contributed by atoms with van der Waals surface area (Å²) >= 11 is 6.12. The SMILES string of the molecule is Cc1cc(S(=O)(=O)N2c3ccccc3NC(=O)C2C(CC(N)=O)C(N)=O)c(C)cc1Cl. The van der Waals surface area contributed by atoms with Gasteiger partial charge in [-0.3, -0.25) is 18.7 Å². The fraction of sp³-hybridized carbons (Fsp3) is 0.250. The predicted molar refractivity (Wildman–Crippen MR) is 116 cm³/mol. The minimum atomic E-state index is -4.39. The zero-order chi connectivity index (χ0) is 23.1. The van der Waals surface area contributed by atoms with Crippen molar-refractivity contribution in [3.05, 3.63) is 52.5 Å². The maximum Gasteiger partial charge on any atom is 0.265 e. The zero-order valence-corrected chi connectivity index (χ0v) is 18.3. The van der Waals surface area contributed by atoms with Crippen LogP contribution in [0.5, 0.6) is 0 Å². The summed E-state index contributed by atoms with van der Waals surface area (Å²) in [5, 5.41) is 2.96. The van der Waals surface area contributed by atoms with Crippen molar-refractivity contribution in [1.82, 2.24) is 0 Å². The Morgan fingerprint density at radius 2 is 1.81 bits per heavy atom. The summed E-state index contributed by atoms with van der Waals surface area (Å²) in [5.74, 6) is -4.20. The van der Waals surface area contributed by atoms with E-state index >= 15 is 0 Å². The van der Waals surface area contributed by atoms with Gasteiger partial charge in [-0.15, -0.1) is 0 Å². The molecule has 2 atom stereocenters. The maximum atomic E-state index is 13.8. The van der Waals surface area contributed by atoms with Crippen LogP contribution in [0.4, 0.5) is 11.4 Å². The second kappa shape index (κ2) is 8.20. The Hall–Kier alpha value is -3.11.